The Kier molecular flexibility index (Phi) is 7.20. The predicted octanol–water partition coefficient (Wildman–Crippen LogP) is 4.95. The third-order valence-corrected chi connectivity index (χ3v) is 4.35. The molecule has 1 aliphatic carbocycles. The van der Waals surface area contributed by atoms with E-state index < -0.39 is 0 Å². The van der Waals surface area contributed by atoms with Crippen molar-refractivity contribution in [3.8, 4) is 5.75 Å². The summed E-state index contributed by atoms with van der Waals surface area (Å²) in [7, 11) is 0. The molecule has 0 atom stereocenters. The molecule has 1 aromatic rings. The summed E-state index contributed by atoms with van der Waals surface area (Å²) in [6.45, 7) is 8.07. The fourth-order valence-electron chi connectivity index (χ4n) is 2.56. The van der Waals surface area contributed by atoms with Gasteiger partial charge in [-0.2, -0.15) is 0 Å². The highest BCUT2D eigenvalue weighted by molar-refractivity contribution is 6.34. The van der Waals surface area contributed by atoms with Gasteiger partial charge in [-0.3, -0.25) is 9.89 Å². The molecule has 0 aromatic heterocycles. The minimum absolute atomic E-state index is 0.598. The van der Waals surface area contributed by atoms with Gasteiger partial charge in [0.25, 0.3) is 0 Å². The van der Waals surface area contributed by atoms with Gasteiger partial charge in [-0.25, -0.2) is 0 Å². The first-order valence-electron chi connectivity index (χ1n) is 8.37. The summed E-state index contributed by atoms with van der Waals surface area (Å²) >= 11 is 6.32. The van der Waals surface area contributed by atoms with Crippen LogP contribution in [0.15, 0.2) is 23.2 Å². The van der Waals surface area contributed by atoms with Crippen LogP contribution in [0.25, 0.3) is 0 Å². The monoisotopic (exact) mass is 322 g/mol. The number of hydrogen-bond acceptors (Lipinski definition) is 3. The van der Waals surface area contributed by atoms with Crippen LogP contribution in [0.5, 0.6) is 5.75 Å². The zero-order valence-electron chi connectivity index (χ0n) is 13.7. The zero-order valence-corrected chi connectivity index (χ0v) is 14.5. The SMILES string of the molecule is C/C=N\c1cccc(OCCN(CCC)CCC2CC2)c1Cl. The number of hydrogen-bond donors (Lipinski definition) is 0. The van der Waals surface area contributed by atoms with Crippen molar-refractivity contribution >= 4 is 23.5 Å². The molecule has 1 saturated carbocycles. The second kappa shape index (κ2) is 9.16. The fourth-order valence-corrected chi connectivity index (χ4v) is 2.79. The number of rotatable bonds is 10. The molecule has 0 N–H and O–H groups in total. The molecule has 0 aliphatic heterocycles. The van der Waals surface area contributed by atoms with Crippen LogP contribution < -0.4 is 4.74 Å². The first-order chi connectivity index (χ1) is 10.7. The van der Waals surface area contributed by atoms with E-state index >= 15 is 0 Å². The number of benzene rings is 1. The van der Waals surface area contributed by atoms with Gasteiger partial charge >= 0.3 is 0 Å². The van der Waals surface area contributed by atoms with Gasteiger partial charge in [-0.15, -0.1) is 0 Å². The maximum atomic E-state index is 6.32. The Hall–Kier alpha value is -1.06. The molecule has 22 heavy (non-hydrogen) atoms. The molecular weight excluding hydrogens is 296 g/mol. The van der Waals surface area contributed by atoms with Crippen LogP contribution in [0.1, 0.15) is 39.5 Å². The summed E-state index contributed by atoms with van der Waals surface area (Å²) in [5.74, 6) is 1.71. The van der Waals surface area contributed by atoms with E-state index in [4.69, 9.17) is 16.3 Å². The third-order valence-electron chi connectivity index (χ3n) is 3.97. The van der Waals surface area contributed by atoms with Crippen LogP contribution in [0.3, 0.4) is 0 Å². The predicted molar refractivity (Wildman–Crippen MR) is 94.8 cm³/mol. The lowest BCUT2D eigenvalue weighted by Gasteiger charge is -2.22. The standard InChI is InChI=1S/C18H27ClN2O/c1-3-11-21(12-10-15-8-9-15)13-14-22-17-7-5-6-16(18(17)19)20-4-2/h4-7,15H,3,8-14H2,1-2H3/b20-4-. The van der Waals surface area contributed by atoms with E-state index in [0.717, 1.165) is 30.4 Å². The summed E-state index contributed by atoms with van der Waals surface area (Å²) in [6.07, 6.45) is 7.12. The summed E-state index contributed by atoms with van der Waals surface area (Å²) in [6, 6.07) is 5.74. The molecule has 4 heteroatoms. The molecular formula is C18H27ClN2O. The summed E-state index contributed by atoms with van der Waals surface area (Å²) in [5, 5.41) is 0.598. The Morgan fingerprint density at radius 2 is 2.14 bits per heavy atom. The van der Waals surface area contributed by atoms with Gasteiger partial charge < -0.3 is 4.74 Å². The van der Waals surface area contributed by atoms with Crippen molar-refractivity contribution in [3.05, 3.63) is 23.2 Å². The van der Waals surface area contributed by atoms with Gasteiger partial charge in [-0.05, 0) is 50.9 Å². The molecule has 0 bridgehead atoms. The van der Waals surface area contributed by atoms with Crippen molar-refractivity contribution in [2.24, 2.45) is 10.9 Å². The van der Waals surface area contributed by atoms with Gasteiger partial charge in [0.1, 0.15) is 17.4 Å². The average molecular weight is 323 g/mol. The molecule has 0 radical (unpaired) electrons. The Morgan fingerprint density at radius 1 is 1.32 bits per heavy atom. The van der Waals surface area contributed by atoms with Crippen molar-refractivity contribution in [2.45, 2.75) is 39.5 Å². The molecule has 1 aliphatic rings. The minimum Gasteiger partial charge on any atom is -0.491 e. The Bertz CT molecular complexity index is 486. The van der Waals surface area contributed by atoms with E-state index in [1.54, 1.807) is 6.21 Å². The number of aliphatic imine (C=N–C) groups is 1. The number of halogens is 1. The molecule has 2 rings (SSSR count). The van der Waals surface area contributed by atoms with Crippen LogP contribution in [-0.4, -0.2) is 37.4 Å². The second-order valence-electron chi connectivity index (χ2n) is 5.90. The van der Waals surface area contributed by atoms with E-state index in [-0.39, 0.29) is 0 Å². The largest absolute Gasteiger partial charge is 0.491 e. The van der Waals surface area contributed by atoms with Crippen molar-refractivity contribution in [1.29, 1.82) is 0 Å². The highest BCUT2D eigenvalue weighted by Crippen LogP contribution is 2.34. The summed E-state index contributed by atoms with van der Waals surface area (Å²) < 4.78 is 5.88. The molecule has 1 fully saturated rings. The number of ether oxygens (including phenoxy) is 1. The molecule has 3 nitrogen and oxygen atoms in total. The average Bonchev–Trinajstić information content (AvgIpc) is 3.33. The van der Waals surface area contributed by atoms with Crippen LogP contribution in [0.2, 0.25) is 5.02 Å². The van der Waals surface area contributed by atoms with Crippen molar-refractivity contribution < 1.29 is 4.74 Å². The first-order valence-corrected chi connectivity index (χ1v) is 8.74. The smallest absolute Gasteiger partial charge is 0.140 e. The molecule has 1 aromatic carbocycles. The fraction of sp³-hybridized carbons (Fsp3) is 0.611. The Balaban J connectivity index is 1.81. The van der Waals surface area contributed by atoms with Crippen molar-refractivity contribution in [1.82, 2.24) is 4.90 Å². The lowest BCUT2D eigenvalue weighted by atomic mass is 10.2. The van der Waals surface area contributed by atoms with Crippen LogP contribution in [-0.2, 0) is 0 Å². The Labute approximate surface area is 139 Å². The lowest BCUT2D eigenvalue weighted by molar-refractivity contribution is 0.204. The maximum Gasteiger partial charge on any atom is 0.140 e. The molecule has 0 heterocycles. The third kappa shape index (κ3) is 5.62. The van der Waals surface area contributed by atoms with Crippen molar-refractivity contribution in [2.75, 3.05) is 26.2 Å². The summed E-state index contributed by atoms with van der Waals surface area (Å²) in [5.41, 5.74) is 0.765. The van der Waals surface area contributed by atoms with Gasteiger partial charge in [0, 0.05) is 12.8 Å². The molecule has 122 valence electrons. The van der Waals surface area contributed by atoms with Crippen LogP contribution >= 0.6 is 11.6 Å². The van der Waals surface area contributed by atoms with Crippen LogP contribution in [0.4, 0.5) is 5.69 Å². The quantitative estimate of drug-likeness (QED) is 0.569. The zero-order chi connectivity index (χ0) is 15.8. The maximum absolute atomic E-state index is 6.32. The highest BCUT2D eigenvalue weighted by atomic mass is 35.5. The molecule has 0 saturated heterocycles. The van der Waals surface area contributed by atoms with Gasteiger partial charge in [0.15, 0.2) is 0 Å². The van der Waals surface area contributed by atoms with E-state index in [0.29, 0.717) is 11.6 Å². The van der Waals surface area contributed by atoms with Gasteiger partial charge in [0.05, 0.1) is 5.69 Å². The van der Waals surface area contributed by atoms with Crippen LogP contribution in [0, 0.1) is 5.92 Å². The lowest BCUT2D eigenvalue weighted by Crippen LogP contribution is -2.30. The van der Waals surface area contributed by atoms with E-state index in [1.165, 1.54) is 32.2 Å². The van der Waals surface area contributed by atoms with E-state index in [1.807, 2.05) is 25.1 Å². The normalized spacial score (nSPS) is 14.9. The van der Waals surface area contributed by atoms with E-state index in [9.17, 15) is 0 Å². The topological polar surface area (TPSA) is 24.8 Å². The number of nitrogens with zero attached hydrogens (tertiary/aromatic N) is 2. The summed E-state index contributed by atoms with van der Waals surface area (Å²) in [4.78, 5) is 6.75. The molecule has 0 spiro atoms. The van der Waals surface area contributed by atoms with E-state index in [2.05, 4.69) is 16.8 Å². The van der Waals surface area contributed by atoms with Gasteiger partial charge in [-0.1, -0.05) is 37.4 Å². The Morgan fingerprint density at radius 3 is 2.82 bits per heavy atom. The molecule has 0 unspecified atom stereocenters. The molecule has 0 amide bonds. The second-order valence-corrected chi connectivity index (χ2v) is 6.28. The van der Waals surface area contributed by atoms with Gasteiger partial charge in [0.2, 0.25) is 0 Å². The first kappa shape index (κ1) is 17.3. The van der Waals surface area contributed by atoms with Crippen molar-refractivity contribution in [3.63, 3.8) is 0 Å². The highest BCUT2D eigenvalue weighted by Gasteiger charge is 2.21. The minimum atomic E-state index is 0.598.